The molecule has 3 fully saturated rings. The van der Waals surface area contributed by atoms with Gasteiger partial charge in [0.25, 0.3) is 0 Å². The molecule has 0 aromatic carbocycles. The van der Waals surface area contributed by atoms with Crippen LogP contribution in [0, 0.1) is 17.8 Å². The van der Waals surface area contributed by atoms with Crippen LogP contribution in [0.3, 0.4) is 0 Å². The standard InChI is InChI=1S/C36H54O8/c1-7-31-25(5)14-15-35(44-31)21-29-20-28(43-35)13-12-24(4)18-23(3)10-9-11-27-22-41-33-32(40-17-16-39-8-2)26(6)19-30(34(37)42-29)36(27,33)38/h9-12,19,23,25,28-33,38H,7-8,13-18,20-22H2,1-6H3/b10-9+,24-12+,27-11+/t23-,25-,28+,29-,30-,31+,32+,33+,35+,36+/m0/s1. The molecule has 8 heteroatoms. The average Bonchev–Trinajstić information content (AvgIpc) is 3.32. The summed E-state index contributed by atoms with van der Waals surface area (Å²) in [5, 5.41) is 12.5. The van der Waals surface area contributed by atoms with E-state index in [0.717, 1.165) is 37.7 Å². The zero-order valence-corrected chi connectivity index (χ0v) is 27.6. The first-order valence-electron chi connectivity index (χ1n) is 16.9. The lowest BCUT2D eigenvalue weighted by molar-refractivity contribution is -0.335. The molecule has 0 unspecified atom stereocenters. The topological polar surface area (TPSA) is 92.7 Å². The summed E-state index contributed by atoms with van der Waals surface area (Å²) in [5.74, 6) is -1.40. The van der Waals surface area contributed by atoms with E-state index >= 15 is 0 Å². The summed E-state index contributed by atoms with van der Waals surface area (Å²) >= 11 is 0. The Morgan fingerprint density at radius 1 is 1.11 bits per heavy atom. The summed E-state index contributed by atoms with van der Waals surface area (Å²) in [7, 11) is 0. The van der Waals surface area contributed by atoms with Crippen molar-refractivity contribution in [2.45, 2.75) is 128 Å². The third kappa shape index (κ3) is 7.11. The normalized spacial score (nSPS) is 44.5. The van der Waals surface area contributed by atoms with Gasteiger partial charge in [-0.05, 0) is 69.4 Å². The Balaban J connectivity index is 1.49. The van der Waals surface area contributed by atoms with Crippen LogP contribution in [0.1, 0.15) is 86.5 Å². The Hall–Kier alpha value is -1.81. The number of allylic oxidation sites excluding steroid dienone is 4. The lowest BCUT2D eigenvalue weighted by atomic mass is 9.70. The number of carbonyl (C=O) groups excluding carboxylic acids is 1. The van der Waals surface area contributed by atoms with E-state index in [0.29, 0.717) is 50.1 Å². The molecule has 4 heterocycles. The Morgan fingerprint density at radius 2 is 1.93 bits per heavy atom. The maximum absolute atomic E-state index is 14.2. The van der Waals surface area contributed by atoms with Crippen molar-refractivity contribution in [1.82, 2.24) is 0 Å². The van der Waals surface area contributed by atoms with Gasteiger partial charge in [0, 0.05) is 25.9 Å². The molecule has 246 valence electrons. The van der Waals surface area contributed by atoms with Crippen molar-refractivity contribution in [3.05, 3.63) is 47.1 Å². The lowest BCUT2D eigenvalue weighted by Gasteiger charge is -2.50. The van der Waals surface area contributed by atoms with Crippen LogP contribution >= 0.6 is 0 Å². The number of hydrogen-bond donors (Lipinski definition) is 1. The SMILES string of the molecule is CCOCCO[C@@H]1C(C)=C[C@H]2C(=O)O[C@H]3C[C@@H](C/C=C(\C)C[C@@H](C)/C=C/C=C4\CO[C@H]1[C@@]42O)O[C@@]1(CC[C@H](C)[C@@H](CC)O1)C3. The molecule has 4 aliphatic heterocycles. The van der Waals surface area contributed by atoms with Gasteiger partial charge >= 0.3 is 5.97 Å². The molecule has 3 saturated heterocycles. The summed E-state index contributed by atoms with van der Waals surface area (Å²) in [6.07, 6.45) is 13.9. The second kappa shape index (κ2) is 14.3. The minimum Gasteiger partial charge on any atom is -0.462 e. The van der Waals surface area contributed by atoms with Gasteiger partial charge in [0.15, 0.2) is 5.79 Å². The highest BCUT2D eigenvalue weighted by molar-refractivity contribution is 5.78. The number of carbonyl (C=O) groups is 1. The van der Waals surface area contributed by atoms with Gasteiger partial charge in [-0.3, -0.25) is 4.79 Å². The number of aliphatic hydroxyl groups is 1. The quantitative estimate of drug-likeness (QED) is 0.222. The fourth-order valence-corrected chi connectivity index (χ4v) is 7.81. The molecule has 0 radical (unpaired) electrons. The van der Waals surface area contributed by atoms with Crippen molar-refractivity contribution in [1.29, 1.82) is 0 Å². The first-order chi connectivity index (χ1) is 21.1. The molecule has 1 N–H and O–H groups in total. The molecule has 10 atom stereocenters. The van der Waals surface area contributed by atoms with Gasteiger partial charge in [-0.25, -0.2) is 0 Å². The van der Waals surface area contributed by atoms with Crippen LogP contribution < -0.4 is 0 Å². The maximum atomic E-state index is 14.2. The molecule has 5 rings (SSSR count). The third-order valence-corrected chi connectivity index (χ3v) is 10.2. The Labute approximate surface area is 263 Å². The van der Waals surface area contributed by atoms with Crippen LogP contribution in [0.5, 0.6) is 0 Å². The van der Waals surface area contributed by atoms with E-state index in [-0.39, 0.29) is 18.8 Å². The van der Waals surface area contributed by atoms with E-state index in [1.54, 1.807) is 0 Å². The maximum Gasteiger partial charge on any atom is 0.316 e. The minimum atomic E-state index is -1.60. The largest absolute Gasteiger partial charge is 0.462 e. The van der Waals surface area contributed by atoms with E-state index in [1.165, 1.54) is 5.57 Å². The van der Waals surface area contributed by atoms with Crippen molar-refractivity contribution in [3.63, 3.8) is 0 Å². The van der Waals surface area contributed by atoms with Crippen LogP contribution in [-0.4, -0.2) is 79.4 Å². The highest BCUT2D eigenvalue weighted by Crippen LogP contribution is 2.48. The van der Waals surface area contributed by atoms with Crippen molar-refractivity contribution < 1.29 is 38.3 Å². The van der Waals surface area contributed by atoms with Crippen LogP contribution in [0.2, 0.25) is 0 Å². The van der Waals surface area contributed by atoms with E-state index < -0.39 is 41.6 Å². The molecule has 5 aliphatic rings. The van der Waals surface area contributed by atoms with Gasteiger partial charge in [-0.2, -0.15) is 0 Å². The molecule has 2 bridgehead atoms. The average molecular weight is 615 g/mol. The predicted octanol–water partition coefficient (Wildman–Crippen LogP) is 5.99. The summed E-state index contributed by atoms with van der Waals surface area (Å²) in [6.45, 7) is 14.2. The third-order valence-electron chi connectivity index (χ3n) is 10.2. The second-order valence-corrected chi connectivity index (χ2v) is 13.7. The fraction of sp³-hybridized carbons (Fsp3) is 0.750. The van der Waals surface area contributed by atoms with Gasteiger partial charge in [0.05, 0.1) is 32.0 Å². The van der Waals surface area contributed by atoms with E-state index in [9.17, 15) is 9.90 Å². The van der Waals surface area contributed by atoms with Gasteiger partial charge < -0.3 is 33.5 Å². The predicted molar refractivity (Wildman–Crippen MR) is 168 cm³/mol. The number of ether oxygens (including phenoxy) is 6. The van der Waals surface area contributed by atoms with E-state index in [2.05, 4.69) is 39.8 Å². The molecule has 8 nitrogen and oxygen atoms in total. The van der Waals surface area contributed by atoms with E-state index in [1.807, 2.05) is 32.1 Å². The molecular formula is C36H54O8. The highest BCUT2D eigenvalue weighted by atomic mass is 16.7. The molecule has 0 aromatic rings. The van der Waals surface area contributed by atoms with Gasteiger partial charge in [0.2, 0.25) is 0 Å². The molecule has 0 saturated carbocycles. The lowest BCUT2D eigenvalue weighted by Crippen LogP contribution is -2.59. The Kier molecular flexibility index (Phi) is 10.9. The van der Waals surface area contributed by atoms with Crippen LogP contribution in [0.25, 0.3) is 0 Å². The highest BCUT2D eigenvalue weighted by Gasteiger charge is 2.60. The number of fused-ring (bicyclic) bond motifs is 2. The minimum absolute atomic E-state index is 0.106. The molecule has 1 aliphatic carbocycles. The van der Waals surface area contributed by atoms with Gasteiger partial charge in [-0.1, -0.05) is 56.7 Å². The van der Waals surface area contributed by atoms with Crippen molar-refractivity contribution in [2.75, 3.05) is 26.4 Å². The smallest absolute Gasteiger partial charge is 0.316 e. The van der Waals surface area contributed by atoms with Gasteiger partial charge in [0.1, 0.15) is 29.8 Å². The van der Waals surface area contributed by atoms with Gasteiger partial charge in [-0.15, -0.1) is 0 Å². The summed E-state index contributed by atoms with van der Waals surface area (Å²) in [4.78, 5) is 14.2. The number of rotatable bonds is 6. The second-order valence-electron chi connectivity index (χ2n) is 13.7. The Morgan fingerprint density at radius 3 is 2.70 bits per heavy atom. The first kappa shape index (κ1) is 33.6. The first-order valence-corrected chi connectivity index (χ1v) is 16.9. The summed E-state index contributed by atoms with van der Waals surface area (Å²) in [6, 6.07) is 0. The number of hydrogen-bond acceptors (Lipinski definition) is 8. The molecule has 1 spiro atoms. The molecule has 0 aromatic heterocycles. The zero-order valence-electron chi connectivity index (χ0n) is 27.6. The molecule has 0 amide bonds. The fourth-order valence-electron chi connectivity index (χ4n) is 7.81. The molecule has 44 heavy (non-hydrogen) atoms. The monoisotopic (exact) mass is 614 g/mol. The van der Waals surface area contributed by atoms with Crippen molar-refractivity contribution >= 4 is 5.97 Å². The van der Waals surface area contributed by atoms with Crippen molar-refractivity contribution in [2.24, 2.45) is 17.8 Å². The number of esters is 1. The zero-order chi connectivity index (χ0) is 31.5. The summed E-state index contributed by atoms with van der Waals surface area (Å²) < 4.78 is 37.7. The van der Waals surface area contributed by atoms with Crippen LogP contribution in [0.15, 0.2) is 47.1 Å². The summed E-state index contributed by atoms with van der Waals surface area (Å²) in [5.41, 5.74) is 1.20. The Bertz CT molecular complexity index is 1140. The molecular weight excluding hydrogens is 560 g/mol. The van der Waals surface area contributed by atoms with Crippen molar-refractivity contribution in [3.8, 4) is 0 Å². The van der Waals surface area contributed by atoms with E-state index in [4.69, 9.17) is 28.4 Å². The van der Waals surface area contributed by atoms with Crippen LogP contribution in [0.4, 0.5) is 0 Å². The van der Waals surface area contributed by atoms with Crippen LogP contribution in [-0.2, 0) is 33.2 Å².